The van der Waals surface area contributed by atoms with Crippen molar-refractivity contribution in [3.05, 3.63) is 24.2 Å². The molecule has 2 rings (SSSR count). The van der Waals surface area contributed by atoms with E-state index in [1.807, 2.05) is 6.07 Å². The molecule has 0 saturated heterocycles. The van der Waals surface area contributed by atoms with Gasteiger partial charge in [-0.1, -0.05) is 12.8 Å². The maximum absolute atomic E-state index is 5.92. The number of rotatable bonds is 3. The molecule has 1 aliphatic carbocycles. The highest BCUT2D eigenvalue weighted by molar-refractivity contribution is 5.85. The maximum Gasteiger partial charge on any atom is 0.0950 e. The summed E-state index contributed by atoms with van der Waals surface area (Å²) in [7, 11) is 0. The van der Waals surface area contributed by atoms with E-state index in [0.29, 0.717) is 0 Å². The average molecular weight is 188 g/mol. The minimum Gasteiger partial charge on any atom is -0.472 e. The Bertz CT molecular complexity index is 218. The molecule has 0 unspecified atom stereocenters. The molecule has 0 bridgehead atoms. The zero-order valence-corrected chi connectivity index (χ0v) is 7.72. The summed E-state index contributed by atoms with van der Waals surface area (Å²) in [5.74, 6) is 0.889. The standard InChI is InChI=1S/C9H13NO.ClH/c10-9(5-7-1-2-7)8-3-4-11-6-8;/h3-4,6-7,9H,1-2,5,10H2;1H/t9-;/m0./s1. The highest BCUT2D eigenvalue weighted by Crippen LogP contribution is 2.36. The Labute approximate surface area is 78.5 Å². The SMILES string of the molecule is Cl.N[C@@H](CC1CC1)c1ccoc1. The maximum atomic E-state index is 5.92. The molecule has 1 aromatic heterocycles. The largest absolute Gasteiger partial charge is 0.472 e. The Morgan fingerprint density at radius 3 is 2.83 bits per heavy atom. The summed E-state index contributed by atoms with van der Waals surface area (Å²) in [6, 6.07) is 2.15. The van der Waals surface area contributed by atoms with Crippen LogP contribution in [-0.4, -0.2) is 0 Å². The first-order valence-corrected chi connectivity index (χ1v) is 4.14. The van der Waals surface area contributed by atoms with Gasteiger partial charge >= 0.3 is 0 Å². The van der Waals surface area contributed by atoms with Gasteiger partial charge in [0, 0.05) is 11.6 Å². The van der Waals surface area contributed by atoms with Gasteiger partial charge in [-0.25, -0.2) is 0 Å². The van der Waals surface area contributed by atoms with Crippen LogP contribution in [0.1, 0.15) is 30.9 Å². The molecule has 3 heteroatoms. The smallest absolute Gasteiger partial charge is 0.0950 e. The average Bonchev–Trinajstić information content (AvgIpc) is 2.67. The molecular weight excluding hydrogens is 174 g/mol. The summed E-state index contributed by atoms with van der Waals surface area (Å²) >= 11 is 0. The number of nitrogens with two attached hydrogens (primary N) is 1. The lowest BCUT2D eigenvalue weighted by Gasteiger charge is -2.06. The monoisotopic (exact) mass is 187 g/mol. The number of hydrogen-bond donors (Lipinski definition) is 1. The van der Waals surface area contributed by atoms with Gasteiger partial charge in [0.15, 0.2) is 0 Å². The third-order valence-electron chi connectivity index (χ3n) is 2.26. The summed E-state index contributed by atoms with van der Waals surface area (Å²) < 4.78 is 4.96. The summed E-state index contributed by atoms with van der Waals surface area (Å²) in [6.07, 6.45) is 7.28. The predicted molar refractivity (Wildman–Crippen MR) is 50.2 cm³/mol. The molecule has 1 aliphatic rings. The zero-order valence-electron chi connectivity index (χ0n) is 6.90. The van der Waals surface area contributed by atoms with Gasteiger partial charge in [0.25, 0.3) is 0 Å². The molecule has 1 heterocycles. The Morgan fingerprint density at radius 1 is 1.58 bits per heavy atom. The van der Waals surface area contributed by atoms with Gasteiger partial charge in [0.05, 0.1) is 12.5 Å². The van der Waals surface area contributed by atoms with Crippen LogP contribution in [0.4, 0.5) is 0 Å². The Hall–Kier alpha value is -0.470. The van der Waals surface area contributed by atoms with Gasteiger partial charge in [-0.05, 0) is 18.4 Å². The normalized spacial score (nSPS) is 18.4. The number of furan rings is 1. The van der Waals surface area contributed by atoms with E-state index in [1.54, 1.807) is 12.5 Å². The van der Waals surface area contributed by atoms with E-state index in [0.717, 1.165) is 17.9 Å². The fraction of sp³-hybridized carbons (Fsp3) is 0.556. The van der Waals surface area contributed by atoms with Crippen molar-refractivity contribution in [2.75, 3.05) is 0 Å². The molecule has 0 amide bonds. The molecule has 0 aromatic carbocycles. The van der Waals surface area contributed by atoms with Gasteiger partial charge < -0.3 is 10.2 Å². The molecule has 2 N–H and O–H groups in total. The molecule has 1 aromatic rings. The predicted octanol–water partition coefficient (Wildman–Crippen LogP) is 2.50. The molecule has 0 aliphatic heterocycles. The zero-order chi connectivity index (χ0) is 7.68. The third-order valence-corrected chi connectivity index (χ3v) is 2.26. The molecule has 0 radical (unpaired) electrons. The first kappa shape index (κ1) is 9.62. The van der Waals surface area contributed by atoms with E-state index in [4.69, 9.17) is 10.2 Å². The summed E-state index contributed by atoms with van der Waals surface area (Å²) in [5.41, 5.74) is 7.06. The summed E-state index contributed by atoms with van der Waals surface area (Å²) in [6.45, 7) is 0. The van der Waals surface area contributed by atoms with E-state index < -0.39 is 0 Å². The Kier molecular flexibility index (Phi) is 3.18. The highest BCUT2D eigenvalue weighted by atomic mass is 35.5. The van der Waals surface area contributed by atoms with Crippen molar-refractivity contribution in [2.24, 2.45) is 11.7 Å². The molecule has 12 heavy (non-hydrogen) atoms. The van der Waals surface area contributed by atoms with Crippen LogP contribution in [0.3, 0.4) is 0 Å². The van der Waals surface area contributed by atoms with Crippen LogP contribution in [0.25, 0.3) is 0 Å². The van der Waals surface area contributed by atoms with Crippen LogP contribution in [0.15, 0.2) is 23.0 Å². The first-order chi connectivity index (χ1) is 5.36. The lowest BCUT2D eigenvalue weighted by atomic mass is 10.1. The topological polar surface area (TPSA) is 39.2 Å². The van der Waals surface area contributed by atoms with Crippen molar-refractivity contribution >= 4 is 12.4 Å². The van der Waals surface area contributed by atoms with Crippen LogP contribution in [0, 0.1) is 5.92 Å². The summed E-state index contributed by atoms with van der Waals surface area (Å²) in [5, 5.41) is 0. The van der Waals surface area contributed by atoms with E-state index >= 15 is 0 Å². The molecule has 1 atom stereocenters. The van der Waals surface area contributed by atoms with Gasteiger partial charge in [-0.15, -0.1) is 12.4 Å². The van der Waals surface area contributed by atoms with Gasteiger partial charge in [0.2, 0.25) is 0 Å². The van der Waals surface area contributed by atoms with Gasteiger partial charge in [-0.3, -0.25) is 0 Å². The minimum absolute atomic E-state index is 0. The van der Waals surface area contributed by atoms with Gasteiger partial charge in [0.1, 0.15) is 0 Å². The van der Waals surface area contributed by atoms with Crippen LogP contribution in [-0.2, 0) is 0 Å². The Morgan fingerprint density at radius 2 is 2.33 bits per heavy atom. The van der Waals surface area contributed by atoms with Crippen molar-refractivity contribution in [3.63, 3.8) is 0 Å². The van der Waals surface area contributed by atoms with Crippen LogP contribution < -0.4 is 5.73 Å². The first-order valence-electron chi connectivity index (χ1n) is 4.14. The van der Waals surface area contributed by atoms with Crippen molar-refractivity contribution < 1.29 is 4.42 Å². The second kappa shape index (κ2) is 3.97. The van der Waals surface area contributed by atoms with E-state index in [-0.39, 0.29) is 18.4 Å². The van der Waals surface area contributed by atoms with Crippen LogP contribution in [0.5, 0.6) is 0 Å². The molecule has 2 nitrogen and oxygen atoms in total. The van der Waals surface area contributed by atoms with Gasteiger partial charge in [-0.2, -0.15) is 0 Å². The van der Waals surface area contributed by atoms with E-state index in [1.165, 1.54) is 12.8 Å². The quantitative estimate of drug-likeness (QED) is 0.790. The van der Waals surface area contributed by atoms with Crippen LogP contribution in [0.2, 0.25) is 0 Å². The van der Waals surface area contributed by atoms with Crippen molar-refractivity contribution in [1.29, 1.82) is 0 Å². The molecule has 1 saturated carbocycles. The van der Waals surface area contributed by atoms with E-state index in [2.05, 4.69) is 0 Å². The lowest BCUT2D eigenvalue weighted by Crippen LogP contribution is -2.09. The Balaban J connectivity index is 0.000000720. The molecule has 1 fully saturated rings. The number of halogens is 1. The molecule has 0 spiro atoms. The van der Waals surface area contributed by atoms with Crippen molar-refractivity contribution in [3.8, 4) is 0 Å². The molecular formula is C9H14ClNO. The number of hydrogen-bond acceptors (Lipinski definition) is 2. The van der Waals surface area contributed by atoms with Crippen molar-refractivity contribution in [1.82, 2.24) is 0 Å². The fourth-order valence-electron chi connectivity index (χ4n) is 1.33. The van der Waals surface area contributed by atoms with E-state index in [9.17, 15) is 0 Å². The highest BCUT2D eigenvalue weighted by Gasteiger charge is 2.24. The third kappa shape index (κ3) is 2.26. The fourth-order valence-corrected chi connectivity index (χ4v) is 1.33. The second-order valence-corrected chi connectivity index (χ2v) is 3.34. The van der Waals surface area contributed by atoms with Crippen molar-refractivity contribution in [2.45, 2.75) is 25.3 Å². The second-order valence-electron chi connectivity index (χ2n) is 3.34. The van der Waals surface area contributed by atoms with Crippen LogP contribution >= 0.6 is 12.4 Å². The minimum atomic E-state index is 0. The summed E-state index contributed by atoms with van der Waals surface area (Å²) in [4.78, 5) is 0. The molecule has 68 valence electrons. The lowest BCUT2D eigenvalue weighted by molar-refractivity contribution is 0.546.